The molecule has 12 nitrogen and oxygen atoms in total. The van der Waals surface area contributed by atoms with Gasteiger partial charge in [-0.3, -0.25) is 23.7 Å². The van der Waals surface area contributed by atoms with Crippen molar-refractivity contribution in [3.63, 3.8) is 0 Å². The summed E-state index contributed by atoms with van der Waals surface area (Å²) in [6.07, 6.45) is -1.57. The number of aryl methyl sites for hydroxylation is 1. The summed E-state index contributed by atoms with van der Waals surface area (Å²) >= 11 is 0. The molecule has 1 fully saturated rings. The Morgan fingerprint density at radius 1 is 1.18 bits per heavy atom. The summed E-state index contributed by atoms with van der Waals surface area (Å²) in [4.78, 5) is 38.7. The van der Waals surface area contributed by atoms with Crippen LogP contribution in [0.3, 0.4) is 0 Å². The summed E-state index contributed by atoms with van der Waals surface area (Å²) in [6.45, 7) is 2.64. The van der Waals surface area contributed by atoms with Crippen LogP contribution >= 0.6 is 7.75 Å². The third-order valence-electron chi connectivity index (χ3n) is 5.97. The van der Waals surface area contributed by atoms with Gasteiger partial charge in [0.15, 0.2) is 0 Å². The number of carbonyl (C=O) groups excluding carboxylic acids is 1. The Kier molecular flexibility index (Phi) is 9.16. The molecule has 39 heavy (non-hydrogen) atoms. The maximum Gasteiger partial charge on any atom is 0.459 e. The van der Waals surface area contributed by atoms with Gasteiger partial charge in [-0.25, -0.2) is 9.36 Å². The first kappa shape index (κ1) is 28.5. The Balaban J connectivity index is 1.43. The van der Waals surface area contributed by atoms with Crippen LogP contribution in [-0.4, -0.2) is 45.5 Å². The Bertz CT molecular complexity index is 1430. The third kappa shape index (κ3) is 7.53. The second kappa shape index (κ2) is 12.5. The smallest absolute Gasteiger partial charge is 0.459 e. The Hall–Kier alpha value is -3.54. The lowest BCUT2D eigenvalue weighted by molar-refractivity contribution is -0.146. The minimum atomic E-state index is -4.20. The number of aromatic nitrogens is 2. The second-order valence-electron chi connectivity index (χ2n) is 9.05. The van der Waals surface area contributed by atoms with E-state index in [1.165, 1.54) is 24.6 Å². The molecule has 0 aliphatic carbocycles. The van der Waals surface area contributed by atoms with Gasteiger partial charge < -0.3 is 19.1 Å². The largest absolute Gasteiger partial charge is 0.460 e. The van der Waals surface area contributed by atoms with Crippen LogP contribution in [-0.2, 0) is 30.0 Å². The van der Waals surface area contributed by atoms with Crippen molar-refractivity contribution in [3.05, 3.63) is 98.8 Å². The number of nitrogens with zero attached hydrogens (tertiary/aromatic N) is 1. The van der Waals surface area contributed by atoms with Gasteiger partial charge in [0.2, 0.25) is 0 Å². The minimum absolute atomic E-state index is 0.0267. The lowest BCUT2D eigenvalue weighted by Gasteiger charge is -2.24. The number of para-hydroxylation sites is 1. The van der Waals surface area contributed by atoms with E-state index in [1.807, 2.05) is 18.2 Å². The minimum Gasteiger partial charge on any atom is -0.460 e. The lowest BCUT2D eigenvalue weighted by atomic mass is 10.2. The summed E-state index contributed by atoms with van der Waals surface area (Å²) in [5.74, 6) is -0.455. The molecule has 0 saturated carbocycles. The number of esters is 1. The van der Waals surface area contributed by atoms with Crippen molar-refractivity contribution in [2.45, 2.75) is 51.4 Å². The summed E-state index contributed by atoms with van der Waals surface area (Å²) in [5.41, 5.74) is -0.120. The van der Waals surface area contributed by atoms with Crippen molar-refractivity contribution >= 4 is 13.7 Å². The fourth-order valence-corrected chi connectivity index (χ4v) is 5.36. The van der Waals surface area contributed by atoms with E-state index in [4.69, 9.17) is 18.5 Å². The first-order valence-electron chi connectivity index (χ1n) is 12.3. The van der Waals surface area contributed by atoms with Crippen LogP contribution in [0.2, 0.25) is 0 Å². The molecule has 1 aromatic heterocycles. The molecule has 1 aliphatic heterocycles. The Labute approximate surface area is 224 Å². The topological polar surface area (TPSA) is 158 Å². The molecule has 1 aliphatic rings. The molecule has 0 radical (unpaired) electrons. The average molecular weight is 560 g/mol. The molecule has 3 aromatic rings. The van der Waals surface area contributed by atoms with E-state index in [9.17, 15) is 24.1 Å². The van der Waals surface area contributed by atoms with Crippen LogP contribution in [0.15, 0.2) is 76.4 Å². The van der Waals surface area contributed by atoms with E-state index < -0.39 is 56.0 Å². The van der Waals surface area contributed by atoms with Crippen molar-refractivity contribution in [2.24, 2.45) is 0 Å². The van der Waals surface area contributed by atoms with Gasteiger partial charge in [0, 0.05) is 18.2 Å². The molecule has 1 saturated heterocycles. The van der Waals surface area contributed by atoms with Crippen molar-refractivity contribution < 1.29 is 33.0 Å². The first-order chi connectivity index (χ1) is 18.6. The molecule has 0 amide bonds. The standard InChI is InChI=1S/C26H30N3O9P/c1-17-14-29(26(33)27-24(17)31)23-13-21(30)22(37-23)16-36-39(34,38-20-11-7-4-8-12-20)28-18(2)25(32)35-15-19-9-5-3-6-10-19/h3-12,14,18,21-23,30H,13,15-16H2,1-2H3,(H,28,34)(H,27,31,33)/t18-,21?,22+,23+,39?/m0/s1. The fourth-order valence-electron chi connectivity index (χ4n) is 3.86. The van der Waals surface area contributed by atoms with Gasteiger partial charge in [0.05, 0.1) is 12.7 Å². The number of ether oxygens (including phenoxy) is 2. The van der Waals surface area contributed by atoms with Crippen molar-refractivity contribution in [2.75, 3.05) is 6.61 Å². The molecule has 208 valence electrons. The van der Waals surface area contributed by atoms with Gasteiger partial charge in [-0.1, -0.05) is 48.5 Å². The number of H-pyrrole nitrogens is 1. The fraction of sp³-hybridized carbons (Fsp3) is 0.346. The number of nitrogens with one attached hydrogen (secondary N) is 2. The second-order valence-corrected chi connectivity index (χ2v) is 10.7. The highest BCUT2D eigenvalue weighted by Gasteiger charge is 2.39. The number of carbonyl (C=O) groups is 1. The summed E-state index contributed by atoms with van der Waals surface area (Å²) in [5, 5.41) is 13.1. The molecule has 2 aromatic carbocycles. The van der Waals surface area contributed by atoms with Crippen LogP contribution in [0.25, 0.3) is 0 Å². The molecule has 4 rings (SSSR count). The van der Waals surface area contributed by atoms with Crippen LogP contribution in [0, 0.1) is 6.92 Å². The van der Waals surface area contributed by atoms with Crippen LogP contribution in [0.5, 0.6) is 5.75 Å². The molecule has 5 atom stereocenters. The van der Waals surface area contributed by atoms with Crippen molar-refractivity contribution in [1.29, 1.82) is 0 Å². The zero-order chi connectivity index (χ0) is 28.0. The number of hydrogen-bond donors (Lipinski definition) is 3. The number of benzene rings is 2. The number of hydrogen-bond acceptors (Lipinski definition) is 9. The Morgan fingerprint density at radius 2 is 1.85 bits per heavy atom. The average Bonchev–Trinajstić information content (AvgIpc) is 3.29. The third-order valence-corrected chi connectivity index (χ3v) is 7.61. The zero-order valence-electron chi connectivity index (χ0n) is 21.4. The molecular formula is C26H30N3O9P. The molecular weight excluding hydrogens is 529 g/mol. The number of rotatable bonds is 11. The summed E-state index contributed by atoms with van der Waals surface area (Å²) in [6, 6.07) is 16.3. The van der Waals surface area contributed by atoms with Gasteiger partial charge in [-0.05, 0) is 31.5 Å². The quantitative estimate of drug-likeness (QED) is 0.235. The monoisotopic (exact) mass is 559 g/mol. The Morgan fingerprint density at radius 3 is 2.54 bits per heavy atom. The molecule has 0 bridgehead atoms. The molecule has 3 N–H and O–H groups in total. The zero-order valence-corrected chi connectivity index (χ0v) is 22.3. The van der Waals surface area contributed by atoms with E-state index in [1.54, 1.807) is 42.5 Å². The van der Waals surface area contributed by atoms with Gasteiger partial charge in [0.1, 0.15) is 30.7 Å². The van der Waals surface area contributed by atoms with Gasteiger partial charge >= 0.3 is 19.4 Å². The van der Waals surface area contributed by atoms with E-state index in [2.05, 4.69) is 10.1 Å². The normalized spacial score (nSPS) is 21.2. The van der Waals surface area contributed by atoms with Gasteiger partial charge in [-0.15, -0.1) is 0 Å². The molecule has 2 unspecified atom stereocenters. The summed E-state index contributed by atoms with van der Waals surface area (Å²) in [7, 11) is -4.20. The van der Waals surface area contributed by atoms with E-state index in [0.717, 1.165) is 5.56 Å². The first-order valence-corrected chi connectivity index (χ1v) is 13.8. The maximum absolute atomic E-state index is 13.7. The predicted molar refractivity (Wildman–Crippen MR) is 140 cm³/mol. The number of aromatic amines is 1. The number of aliphatic hydroxyl groups excluding tert-OH is 1. The molecule has 2 heterocycles. The lowest BCUT2D eigenvalue weighted by Crippen LogP contribution is -2.36. The van der Waals surface area contributed by atoms with Crippen molar-refractivity contribution in [1.82, 2.24) is 14.6 Å². The van der Waals surface area contributed by atoms with E-state index in [-0.39, 0.29) is 18.8 Å². The molecule has 0 spiro atoms. The van der Waals surface area contributed by atoms with E-state index in [0.29, 0.717) is 5.56 Å². The molecule has 13 heteroatoms. The van der Waals surface area contributed by atoms with Gasteiger partial charge in [-0.2, -0.15) is 5.09 Å². The highest BCUT2D eigenvalue weighted by atomic mass is 31.2. The highest BCUT2D eigenvalue weighted by Crippen LogP contribution is 2.46. The van der Waals surface area contributed by atoms with Crippen LogP contribution in [0.1, 0.15) is 30.7 Å². The van der Waals surface area contributed by atoms with Crippen LogP contribution in [0.4, 0.5) is 0 Å². The van der Waals surface area contributed by atoms with Crippen molar-refractivity contribution in [3.8, 4) is 5.75 Å². The summed E-state index contributed by atoms with van der Waals surface area (Å²) < 4.78 is 37.2. The van der Waals surface area contributed by atoms with E-state index >= 15 is 0 Å². The number of aliphatic hydroxyl groups is 1. The SMILES string of the molecule is Cc1cn([C@H]2CC(O)[C@@H](COP(=O)(N[C@@H](C)C(=O)OCc3ccccc3)Oc3ccccc3)O2)c(=O)[nH]c1=O. The van der Waals surface area contributed by atoms with Crippen LogP contribution < -0.4 is 20.9 Å². The van der Waals surface area contributed by atoms with Gasteiger partial charge in [0.25, 0.3) is 5.56 Å². The highest BCUT2D eigenvalue weighted by molar-refractivity contribution is 7.52. The predicted octanol–water partition coefficient (Wildman–Crippen LogP) is 2.42. The maximum atomic E-state index is 13.7.